The minimum atomic E-state index is 0.738. The van der Waals surface area contributed by atoms with Crippen LogP contribution < -0.4 is 5.43 Å². The van der Waals surface area contributed by atoms with Crippen LogP contribution in [0.2, 0.25) is 5.02 Å². The summed E-state index contributed by atoms with van der Waals surface area (Å²) >= 11 is 8.28. The van der Waals surface area contributed by atoms with Crippen molar-refractivity contribution in [3.8, 4) is 0 Å². The summed E-state index contributed by atoms with van der Waals surface area (Å²) in [5.41, 5.74) is 4.41. The van der Waals surface area contributed by atoms with E-state index >= 15 is 0 Å². The SMILES string of the molecule is Clc1ccccc1CNN1CCN=C1I. The standard InChI is InChI=1S/C10H11ClIN3/c11-9-4-2-1-3-8(9)7-14-15-6-5-13-10(15)12/h1-4,14H,5-7H2. The molecule has 0 bridgehead atoms. The van der Waals surface area contributed by atoms with Crippen molar-refractivity contribution in [3.63, 3.8) is 0 Å². The van der Waals surface area contributed by atoms with Crippen LogP contribution in [0.4, 0.5) is 0 Å². The van der Waals surface area contributed by atoms with Gasteiger partial charge in [0.05, 0.1) is 13.1 Å². The molecular weight excluding hydrogens is 324 g/mol. The molecule has 0 saturated heterocycles. The summed E-state index contributed by atoms with van der Waals surface area (Å²) in [6.45, 7) is 2.54. The summed E-state index contributed by atoms with van der Waals surface area (Å²) in [6, 6.07) is 7.86. The lowest BCUT2D eigenvalue weighted by atomic mass is 10.2. The number of aliphatic imine (C=N–C) groups is 1. The molecule has 0 amide bonds. The van der Waals surface area contributed by atoms with E-state index in [-0.39, 0.29) is 0 Å². The van der Waals surface area contributed by atoms with E-state index in [2.05, 4.69) is 33.0 Å². The van der Waals surface area contributed by atoms with E-state index in [1.807, 2.05) is 29.3 Å². The number of rotatable bonds is 3. The van der Waals surface area contributed by atoms with Crippen LogP contribution in [0.1, 0.15) is 5.56 Å². The minimum Gasteiger partial charge on any atom is -0.285 e. The van der Waals surface area contributed by atoms with Crippen LogP contribution in [0, 0.1) is 0 Å². The smallest absolute Gasteiger partial charge is 0.177 e. The molecule has 1 aromatic carbocycles. The van der Waals surface area contributed by atoms with Gasteiger partial charge >= 0.3 is 0 Å². The van der Waals surface area contributed by atoms with Gasteiger partial charge in [-0.1, -0.05) is 29.8 Å². The zero-order valence-corrected chi connectivity index (χ0v) is 11.0. The summed E-state index contributed by atoms with van der Waals surface area (Å²) < 4.78 is 1.01. The van der Waals surface area contributed by atoms with Gasteiger partial charge in [0.15, 0.2) is 3.84 Å². The predicted octanol–water partition coefficient (Wildman–Crippen LogP) is 2.45. The normalized spacial score (nSPS) is 15.6. The third kappa shape index (κ3) is 2.83. The molecule has 0 unspecified atom stereocenters. The molecular formula is C10H11ClIN3. The van der Waals surface area contributed by atoms with Crippen LogP contribution in [0.5, 0.6) is 0 Å². The number of amidine groups is 1. The number of hydrazine groups is 1. The summed E-state index contributed by atoms with van der Waals surface area (Å²) in [7, 11) is 0. The Morgan fingerprint density at radius 3 is 2.93 bits per heavy atom. The van der Waals surface area contributed by atoms with Crippen LogP contribution in [0.15, 0.2) is 29.3 Å². The van der Waals surface area contributed by atoms with Crippen molar-refractivity contribution in [2.24, 2.45) is 4.99 Å². The Morgan fingerprint density at radius 2 is 2.27 bits per heavy atom. The Hall–Kier alpha value is -0.330. The van der Waals surface area contributed by atoms with Crippen LogP contribution >= 0.6 is 34.2 Å². The number of nitrogens with one attached hydrogen (secondary N) is 1. The highest BCUT2D eigenvalue weighted by Crippen LogP contribution is 2.15. The number of halogens is 2. The van der Waals surface area contributed by atoms with Gasteiger partial charge in [-0.05, 0) is 11.6 Å². The first kappa shape index (κ1) is 11.2. The second-order valence-corrected chi connectivity index (χ2v) is 4.60. The van der Waals surface area contributed by atoms with E-state index in [9.17, 15) is 0 Å². The Labute approximate surface area is 108 Å². The third-order valence-corrected chi connectivity index (χ3v) is 3.50. The Kier molecular flexibility index (Phi) is 3.82. The summed E-state index contributed by atoms with van der Waals surface area (Å²) in [5.74, 6) is 0. The molecule has 1 aliphatic rings. The molecule has 1 N–H and O–H groups in total. The van der Waals surface area contributed by atoms with Crippen molar-refractivity contribution in [2.45, 2.75) is 6.54 Å². The lowest BCUT2D eigenvalue weighted by Gasteiger charge is -2.18. The second kappa shape index (κ2) is 5.14. The average Bonchev–Trinajstić information content (AvgIpc) is 2.63. The van der Waals surface area contributed by atoms with Crippen molar-refractivity contribution >= 4 is 38.0 Å². The molecule has 0 saturated carbocycles. The predicted molar refractivity (Wildman–Crippen MR) is 71.3 cm³/mol. The molecule has 5 heteroatoms. The molecule has 15 heavy (non-hydrogen) atoms. The van der Waals surface area contributed by atoms with Crippen LogP contribution in [-0.4, -0.2) is 21.9 Å². The van der Waals surface area contributed by atoms with E-state index in [4.69, 9.17) is 11.6 Å². The lowest BCUT2D eigenvalue weighted by molar-refractivity contribution is 0.337. The highest BCUT2D eigenvalue weighted by Gasteiger charge is 2.13. The van der Waals surface area contributed by atoms with Gasteiger partial charge in [-0.2, -0.15) is 0 Å². The molecule has 0 aromatic heterocycles. The molecule has 3 nitrogen and oxygen atoms in total. The molecule has 0 radical (unpaired) electrons. The molecule has 0 aliphatic carbocycles. The van der Waals surface area contributed by atoms with Crippen LogP contribution in [-0.2, 0) is 6.54 Å². The highest BCUT2D eigenvalue weighted by molar-refractivity contribution is 14.1. The number of benzene rings is 1. The Morgan fingerprint density at radius 1 is 1.47 bits per heavy atom. The fourth-order valence-electron chi connectivity index (χ4n) is 1.39. The Bertz CT molecular complexity index is 381. The Balaban J connectivity index is 1.94. The summed E-state index contributed by atoms with van der Waals surface area (Å²) in [5, 5.41) is 2.85. The zero-order valence-electron chi connectivity index (χ0n) is 8.08. The van der Waals surface area contributed by atoms with Crippen molar-refractivity contribution in [2.75, 3.05) is 13.1 Å². The van der Waals surface area contributed by atoms with Gasteiger partial charge in [0, 0.05) is 34.2 Å². The maximum atomic E-state index is 6.06. The van der Waals surface area contributed by atoms with Crippen molar-refractivity contribution in [3.05, 3.63) is 34.9 Å². The summed E-state index contributed by atoms with van der Waals surface area (Å²) in [4.78, 5) is 4.29. The average molecular weight is 336 g/mol. The van der Waals surface area contributed by atoms with Gasteiger partial charge in [0.2, 0.25) is 0 Å². The van der Waals surface area contributed by atoms with Crippen LogP contribution in [0.25, 0.3) is 0 Å². The molecule has 1 aromatic rings. The molecule has 0 spiro atoms. The maximum absolute atomic E-state index is 6.06. The first-order valence-corrected chi connectivity index (χ1v) is 6.17. The van der Waals surface area contributed by atoms with E-state index in [0.29, 0.717) is 0 Å². The van der Waals surface area contributed by atoms with Gasteiger partial charge < -0.3 is 0 Å². The number of hydrogen-bond donors (Lipinski definition) is 1. The van der Waals surface area contributed by atoms with Gasteiger partial charge in [-0.15, -0.1) is 0 Å². The number of hydrogen-bond acceptors (Lipinski definition) is 3. The minimum absolute atomic E-state index is 0.738. The van der Waals surface area contributed by atoms with Crippen molar-refractivity contribution in [1.29, 1.82) is 0 Å². The van der Waals surface area contributed by atoms with Crippen LogP contribution in [0.3, 0.4) is 0 Å². The van der Waals surface area contributed by atoms with E-state index < -0.39 is 0 Å². The molecule has 0 fully saturated rings. The first-order chi connectivity index (χ1) is 7.27. The van der Waals surface area contributed by atoms with E-state index in [0.717, 1.165) is 34.1 Å². The van der Waals surface area contributed by atoms with Crippen molar-refractivity contribution < 1.29 is 0 Å². The van der Waals surface area contributed by atoms with Gasteiger partial charge in [-0.25, -0.2) is 5.43 Å². The fourth-order valence-corrected chi connectivity index (χ4v) is 2.24. The molecule has 0 atom stereocenters. The third-order valence-electron chi connectivity index (χ3n) is 2.21. The maximum Gasteiger partial charge on any atom is 0.177 e. The summed E-state index contributed by atoms with van der Waals surface area (Å²) in [6.07, 6.45) is 0. The van der Waals surface area contributed by atoms with Gasteiger partial charge in [0.25, 0.3) is 0 Å². The molecule has 1 aliphatic heterocycles. The molecule has 1 heterocycles. The molecule has 80 valence electrons. The largest absolute Gasteiger partial charge is 0.285 e. The molecule has 2 rings (SSSR count). The number of nitrogens with zero attached hydrogens (tertiary/aromatic N) is 2. The fraction of sp³-hybridized carbons (Fsp3) is 0.300. The first-order valence-electron chi connectivity index (χ1n) is 4.72. The van der Waals surface area contributed by atoms with Gasteiger partial charge in [0.1, 0.15) is 0 Å². The quantitative estimate of drug-likeness (QED) is 0.679. The lowest BCUT2D eigenvalue weighted by Crippen LogP contribution is -2.37. The van der Waals surface area contributed by atoms with E-state index in [1.165, 1.54) is 0 Å². The second-order valence-electron chi connectivity index (χ2n) is 3.23. The monoisotopic (exact) mass is 335 g/mol. The topological polar surface area (TPSA) is 27.6 Å². The van der Waals surface area contributed by atoms with E-state index in [1.54, 1.807) is 0 Å². The van der Waals surface area contributed by atoms with Gasteiger partial charge in [-0.3, -0.25) is 10.0 Å². The zero-order chi connectivity index (χ0) is 10.7. The highest BCUT2D eigenvalue weighted by atomic mass is 127. The van der Waals surface area contributed by atoms with Crippen molar-refractivity contribution in [1.82, 2.24) is 10.4 Å².